The van der Waals surface area contributed by atoms with Crippen LogP contribution >= 0.6 is 34.8 Å². The monoisotopic (exact) mass is 284 g/mol. The van der Waals surface area contributed by atoms with E-state index in [0.717, 1.165) is 28.6 Å². The molecule has 0 fully saturated rings. The number of hydrogen-bond acceptors (Lipinski definition) is 1. The predicted octanol–water partition coefficient (Wildman–Crippen LogP) is 2.68. The maximum absolute atomic E-state index is 5.80. The molecule has 0 saturated heterocycles. The van der Waals surface area contributed by atoms with Gasteiger partial charge in [0, 0.05) is 23.5 Å². The minimum Gasteiger partial charge on any atom is -0.382 e. The normalized spacial score (nSPS) is 9.67. The lowest BCUT2D eigenvalue weighted by Gasteiger charge is -2.00. The van der Waals surface area contributed by atoms with E-state index in [1.165, 1.54) is 0 Å². The molecule has 15 heavy (non-hydrogen) atoms. The molecule has 0 saturated carbocycles. The van der Waals surface area contributed by atoms with E-state index >= 15 is 0 Å². The van der Waals surface area contributed by atoms with Crippen LogP contribution in [0.2, 0.25) is 15.1 Å². The molecular formula is C10H15Cl3OSi. The summed E-state index contributed by atoms with van der Waals surface area (Å²) in [5.41, 5.74) is 0. The molecule has 86 valence electrons. The molecule has 1 nitrogen and oxygen atoms in total. The van der Waals surface area contributed by atoms with Crippen molar-refractivity contribution in [2.75, 3.05) is 13.2 Å². The predicted molar refractivity (Wildman–Crippen MR) is 73.2 cm³/mol. The van der Waals surface area contributed by atoms with Crippen LogP contribution in [0.4, 0.5) is 0 Å². The van der Waals surface area contributed by atoms with Crippen LogP contribution in [-0.2, 0) is 4.74 Å². The molecule has 0 unspecified atom stereocenters. The molecule has 0 aliphatic rings. The van der Waals surface area contributed by atoms with Crippen molar-refractivity contribution >= 4 is 50.2 Å². The Morgan fingerprint density at radius 2 is 1.60 bits per heavy atom. The lowest BCUT2D eigenvalue weighted by atomic mass is 10.3. The van der Waals surface area contributed by atoms with Gasteiger partial charge in [0.05, 0.1) is 15.1 Å². The fraction of sp³-hybridized carbons (Fsp3) is 0.400. The van der Waals surface area contributed by atoms with Crippen LogP contribution in [0.15, 0.2) is 12.1 Å². The van der Waals surface area contributed by atoms with Crippen LogP contribution < -0.4 is 5.19 Å². The largest absolute Gasteiger partial charge is 0.382 e. The summed E-state index contributed by atoms with van der Waals surface area (Å²) in [5.74, 6) is 0. The summed E-state index contributed by atoms with van der Waals surface area (Å²) in [4.78, 5) is 0. The Morgan fingerprint density at radius 3 is 1.93 bits per heavy atom. The van der Waals surface area contributed by atoms with Crippen LogP contribution in [0.1, 0.15) is 13.8 Å². The SMILES string of the molecule is CCOCC.[SiH3]c1ccc(Cl)c(Cl)c1Cl. The van der Waals surface area contributed by atoms with Crippen LogP contribution in [0.3, 0.4) is 0 Å². The Labute approximate surface area is 109 Å². The number of rotatable bonds is 2. The van der Waals surface area contributed by atoms with Gasteiger partial charge in [-0.15, -0.1) is 0 Å². The lowest BCUT2D eigenvalue weighted by molar-refractivity contribution is 0.162. The summed E-state index contributed by atoms with van der Waals surface area (Å²) in [6.45, 7) is 5.67. The summed E-state index contributed by atoms with van der Waals surface area (Å²) < 4.78 is 4.83. The van der Waals surface area contributed by atoms with Crippen molar-refractivity contribution in [3.63, 3.8) is 0 Å². The van der Waals surface area contributed by atoms with Crippen molar-refractivity contribution in [3.8, 4) is 0 Å². The standard InChI is InChI=1S/C6H5Cl3Si.C4H10O/c7-3-1-2-4(10)6(9)5(3)8;1-3-5-4-2/h1-2H,10H3;3-4H2,1-2H3. The molecule has 0 radical (unpaired) electrons. The van der Waals surface area contributed by atoms with Gasteiger partial charge in [0.15, 0.2) is 0 Å². The first-order valence-electron chi connectivity index (χ1n) is 4.72. The smallest absolute Gasteiger partial charge is 0.0776 e. The van der Waals surface area contributed by atoms with Gasteiger partial charge in [0.2, 0.25) is 0 Å². The zero-order valence-corrected chi connectivity index (χ0v) is 13.4. The first-order chi connectivity index (χ1) is 7.04. The van der Waals surface area contributed by atoms with E-state index in [4.69, 9.17) is 39.5 Å². The molecule has 1 aromatic rings. The van der Waals surface area contributed by atoms with Crippen LogP contribution in [-0.4, -0.2) is 23.5 Å². The fourth-order valence-corrected chi connectivity index (χ4v) is 1.98. The van der Waals surface area contributed by atoms with Gasteiger partial charge in [0.1, 0.15) is 0 Å². The second-order valence-electron chi connectivity index (χ2n) is 2.77. The zero-order valence-electron chi connectivity index (χ0n) is 9.11. The molecule has 1 aromatic carbocycles. The summed E-state index contributed by atoms with van der Waals surface area (Å²) in [6, 6.07) is 3.65. The molecule has 0 spiro atoms. The van der Waals surface area contributed by atoms with Gasteiger partial charge >= 0.3 is 0 Å². The second kappa shape index (κ2) is 8.42. The molecule has 0 bridgehead atoms. The van der Waals surface area contributed by atoms with Crippen molar-refractivity contribution in [2.24, 2.45) is 0 Å². The minimum absolute atomic E-state index is 0.468. The highest BCUT2D eigenvalue weighted by Gasteiger charge is 2.03. The highest BCUT2D eigenvalue weighted by atomic mass is 35.5. The van der Waals surface area contributed by atoms with E-state index in [-0.39, 0.29) is 0 Å². The molecule has 0 aromatic heterocycles. The van der Waals surface area contributed by atoms with E-state index in [1.807, 2.05) is 19.9 Å². The number of ether oxygens (including phenoxy) is 1. The summed E-state index contributed by atoms with van der Waals surface area (Å²) in [6.07, 6.45) is 0. The quantitative estimate of drug-likeness (QED) is 0.600. The maximum atomic E-state index is 5.80. The van der Waals surface area contributed by atoms with Gasteiger partial charge in [-0.05, 0) is 19.9 Å². The zero-order chi connectivity index (χ0) is 11.8. The Balaban J connectivity index is 0.000000336. The Bertz CT molecular complexity index is 276. The Kier molecular flexibility index (Phi) is 8.57. The van der Waals surface area contributed by atoms with Crippen LogP contribution in [0, 0.1) is 0 Å². The molecule has 5 heteroatoms. The van der Waals surface area contributed by atoms with Gasteiger partial charge in [0.25, 0.3) is 0 Å². The summed E-state index contributed by atoms with van der Waals surface area (Å²) in [7, 11) is 0.898. The van der Waals surface area contributed by atoms with Crippen LogP contribution in [0.5, 0.6) is 0 Å². The van der Waals surface area contributed by atoms with Gasteiger partial charge < -0.3 is 4.74 Å². The third-order valence-electron chi connectivity index (χ3n) is 1.64. The molecule has 0 heterocycles. The summed E-state index contributed by atoms with van der Waals surface area (Å²) in [5, 5.41) is 2.67. The second-order valence-corrected chi connectivity index (χ2v) is 5.01. The van der Waals surface area contributed by atoms with Gasteiger partial charge in [-0.1, -0.05) is 46.1 Å². The van der Waals surface area contributed by atoms with E-state index < -0.39 is 0 Å². The van der Waals surface area contributed by atoms with Gasteiger partial charge in [-0.2, -0.15) is 0 Å². The molecule has 0 N–H and O–H groups in total. The molecule has 0 amide bonds. The third-order valence-corrected chi connectivity index (χ3v) is 4.17. The van der Waals surface area contributed by atoms with Crippen molar-refractivity contribution in [3.05, 3.63) is 27.2 Å². The first-order valence-corrected chi connectivity index (χ1v) is 6.85. The molecular weight excluding hydrogens is 271 g/mol. The Morgan fingerprint density at radius 1 is 1.07 bits per heavy atom. The van der Waals surface area contributed by atoms with E-state index in [0.29, 0.717) is 15.1 Å². The first kappa shape index (κ1) is 15.3. The minimum atomic E-state index is 0.468. The molecule has 0 atom stereocenters. The van der Waals surface area contributed by atoms with Crippen molar-refractivity contribution in [2.45, 2.75) is 13.8 Å². The fourth-order valence-electron chi connectivity index (χ4n) is 0.827. The molecule has 0 aliphatic carbocycles. The topological polar surface area (TPSA) is 9.23 Å². The number of benzene rings is 1. The summed E-state index contributed by atoms with van der Waals surface area (Å²) >= 11 is 17.2. The van der Waals surface area contributed by atoms with E-state index in [2.05, 4.69) is 0 Å². The highest BCUT2D eigenvalue weighted by Crippen LogP contribution is 2.27. The highest BCUT2D eigenvalue weighted by molar-refractivity contribution is 6.53. The lowest BCUT2D eigenvalue weighted by Crippen LogP contribution is -2.02. The molecule has 0 aliphatic heterocycles. The van der Waals surface area contributed by atoms with Crippen LogP contribution in [0.25, 0.3) is 0 Å². The van der Waals surface area contributed by atoms with E-state index in [9.17, 15) is 0 Å². The van der Waals surface area contributed by atoms with Crippen molar-refractivity contribution in [1.82, 2.24) is 0 Å². The van der Waals surface area contributed by atoms with Crippen molar-refractivity contribution in [1.29, 1.82) is 0 Å². The van der Waals surface area contributed by atoms with Crippen molar-refractivity contribution < 1.29 is 4.74 Å². The number of halogens is 3. The van der Waals surface area contributed by atoms with E-state index in [1.54, 1.807) is 6.07 Å². The Hall–Kier alpha value is 0.267. The average molecular weight is 286 g/mol. The average Bonchev–Trinajstić information content (AvgIpc) is 2.23. The number of hydrogen-bond donors (Lipinski definition) is 0. The van der Waals surface area contributed by atoms with Gasteiger partial charge in [-0.3, -0.25) is 0 Å². The molecule has 1 rings (SSSR count). The third kappa shape index (κ3) is 5.78. The maximum Gasteiger partial charge on any atom is 0.0776 e. The van der Waals surface area contributed by atoms with Gasteiger partial charge in [-0.25, -0.2) is 0 Å².